The fourth-order valence-corrected chi connectivity index (χ4v) is 7.35. The number of fused-ring (bicyclic) bond motifs is 6. The summed E-state index contributed by atoms with van der Waals surface area (Å²) in [6.07, 6.45) is 0. The number of hydrogen-bond donors (Lipinski definition) is 0. The van der Waals surface area contributed by atoms with E-state index in [0.717, 1.165) is 55.4 Å². The van der Waals surface area contributed by atoms with E-state index in [1.165, 1.54) is 21.8 Å². The van der Waals surface area contributed by atoms with Gasteiger partial charge in [0.25, 0.3) is 0 Å². The average Bonchev–Trinajstić information content (AvgIpc) is 3.68. The molecule has 0 bridgehead atoms. The fraction of sp³-hybridized carbons (Fsp3) is 0. The smallest absolute Gasteiger partial charge is 0.218 e. The lowest BCUT2D eigenvalue weighted by molar-refractivity contribution is 1.18. The van der Waals surface area contributed by atoms with Crippen LogP contribution in [0.15, 0.2) is 158 Å². The quantitative estimate of drug-likeness (QED) is 0.183. The van der Waals surface area contributed by atoms with Crippen molar-refractivity contribution in [2.45, 2.75) is 0 Å². The van der Waals surface area contributed by atoms with Crippen molar-refractivity contribution in [1.82, 2.24) is 9.13 Å². The van der Waals surface area contributed by atoms with Gasteiger partial charge in [-0.1, -0.05) is 121 Å². The number of hydrogen-bond acceptors (Lipinski definition) is 1. The number of nitrogens with zero attached hydrogens (tertiary/aromatic N) is 4. The zero-order valence-corrected chi connectivity index (χ0v) is 25.8. The summed E-state index contributed by atoms with van der Waals surface area (Å²) in [5.41, 5.74) is 11.2. The molecule has 0 spiro atoms. The van der Waals surface area contributed by atoms with E-state index < -0.39 is 0 Å². The second kappa shape index (κ2) is 10.9. The SMILES string of the molecule is [C-]#[N+]c1c(-c2ccc(-c3ccccc3-n3c4ccccc4c4ccccc43)cc2)cccc1-n1c2ccccc2c2cccc(C#N)c21. The zero-order chi connectivity index (χ0) is 32.2. The molecule has 4 heteroatoms. The van der Waals surface area contributed by atoms with Crippen LogP contribution in [0, 0.1) is 17.9 Å². The third-order valence-corrected chi connectivity index (χ3v) is 9.41. The van der Waals surface area contributed by atoms with E-state index in [2.05, 4.69) is 129 Å². The van der Waals surface area contributed by atoms with Crippen molar-refractivity contribution in [1.29, 1.82) is 5.26 Å². The summed E-state index contributed by atoms with van der Waals surface area (Å²) in [6, 6.07) is 56.5. The van der Waals surface area contributed by atoms with Gasteiger partial charge < -0.3 is 9.13 Å². The maximum Gasteiger partial charge on any atom is 0.218 e. The molecule has 0 fully saturated rings. The van der Waals surface area contributed by atoms with Crippen LogP contribution in [0.4, 0.5) is 5.69 Å². The van der Waals surface area contributed by atoms with Gasteiger partial charge in [0.1, 0.15) is 6.07 Å². The highest BCUT2D eigenvalue weighted by atomic mass is 15.0. The largest absolute Gasteiger partial charge is 0.318 e. The van der Waals surface area contributed by atoms with E-state index in [1.807, 2.05) is 48.5 Å². The molecular weight excluding hydrogens is 585 g/mol. The first-order chi connectivity index (χ1) is 23.8. The molecule has 0 amide bonds. The predicted molar refractivity (Wildman–Crippen MR) is 197 cm³/mol. The van der Waals surface area contributed by atoms with Crippen LogP contribution >= 0.6 is 0 Å². The summed E-state index contributed by atoms with van der Waals surface area (Å²) >= 11 is 0. The molecule has 0 saturated carbocycles. The van der Waals surface area contributed by atoms with E-state index in [1.54, 1.807) is 0 Å². The third-order valence-electron chi connectivity index (χ3n) is 9.41. The Morgan fingerprint density at radius 2 is 0.938 bits per heavy atom. The molecule has 9 aromatic rings. The standard InChI is InChI=1S/C44H26N4/c1-46-43-33(17-11-23-42(43)48-41-22-9-5-16-36(41)37-18-10-12-31(28-45)44(37)48)30-26-24-29(25-27-30)32-13-2-6-19-38(32)47-39-20-7-3-14-34(39)35-15-4-8-21-40(35)47/h2-27H. The predicted octanol–water partition coefficient (Wildman–Crippen LogP) is 11.6. The van der Waals surface area contributed by atoms with Gasteiger partial charge in [-0.05, 0) is 53.1 Å². The van der Waals surface area contributed by atoms with Gasteiger partial charge >= 0.3 is 0 Å². The summed E-state index contributed by atoms with van der Waals surface area (Å²) < 4.78 is 4.44. The summed E-state index contributed by atoms with van der Waals surface area (Å²) in [4.78, 5) is 4.10. The van der Waals surface area contributed by atoms with E-state index in [0.29, 0.717) is 11.3 Å². The molecule has 2 heterocycles. The van der Waals surface area contributed by atoms with Gasteiger partial charge in [-0.25, -0.2) is 4.85 Å². The van der Waals surface area contributed by atoms with Crippen LogP contribution in [0.25, 0.3) is 82.1 Å². The first-order valence-corrected chi connectivity index (χ1v) is 15.9. The number of nitriles is 1. The van der Waals surface area contributed by atoms with E-state index >= 15 is 0 Å². The maximum absolute atomic E-state index is 10.1. The summed E-state index contributed by atoms with van der Waals surface area (Å²) in [6.45, 7) is 8.35. The molecule has 2 aromatic heterocycles. The molecular formula is C44H26N4. The fourth-order valence-electron chi connectivity index (χ4n) is 7.35. The maximum atomic E-state index is 10.1. The minimum atomic E-state index is 0.548. The molecule has 0 aliphatic heterocycles. The van der Waals surface area contributed by atoms with Crippen LogP contribution in [0.1, 0.15) is 5.56 Å². The highest BCUT2D eigenvalue weighted by Crippen LogP contribution is 2.42. The Kier molecular flexibility index (Phi) is 6.22. The Bertz CT molecular complexity index is 2750. The van der Waals surface area contributed by atoms with Crippen LogP contribution in [0.3, 0.4) is 0 Å². The lowest BCUT2D eigenvalue weighted by Gasteiger charge is -2.16. The Labute approximate surface area is 277 Å². The molecule has 0 atom stereocenters. The monoisotopic (exact) mass is 610 g/mol. The van der Waals surface area contributed by atoms with Crippen molar-refractivity contribution in [3.63, 3.8) is 0 Å². The van der Waals surface area contributed by atoms with Gasteiger partial charge in [-0.2, -0.15) is 5.26 Å². The van der Waals surface area contributed by atoms with Crippen molar-refractivity contribution in [3.05, 3.63) is 175 Å². The van der Waals surface area contributed by atoms with Gasteiger partial charge in [0, 0.05) is 27.1 Å². The molecule has 4 nitrogen and oxygen atoms in total. The van der Waals surface area contributed by atoms with E-state index in [-0.39, 0.29) is 0 Å². The average molecular weight is 611 g/mol. The highest BCUT2D eigenvalue weighted by molar-refractivity contribution is 6.12. The van der Waals surface area contributed by atoms with Crippen molar-refractivity contribution < 1.29 is 0 Å². The van der Waals surface area contributed by atoms with Crippen molar-refractivity contribution in [2.24, 2.45) is 0 Å². The Hall–Kier alpha value is -6.88. The molecule has 9 rings (SSSR count). The lowest BCUT2D eigenvalue weighted by atomic mass is 9.97. The Morgan fingerprint density at radius 1 is 0.458 bits per heavy atom. The molecule has 0 N–H and O–H groups in total. The molecule has 48 heavy (non-hydrogen) atoms. The second-order valence-corrected chi connectivity index (χ2v) is 11.9. The van der Waals surface area contributed by atoms with Crippen molar-refractivity contribution in [3.8, 4) is 39.7 Å². The molecule has 7 aromatic carbocycles. The first kappa shape index (κ1) is 27.4. The molecule has 0 saturated heterocycles. The number of para-hydroxylation sites is 6. The summed E-state index contributed by atoms with van der Waals surface area (Å²) in [5, 5.41) is 14.6. The number of aromatic nitrogens is 2. The molecule has 0 unspecified atom stereocenters. The zero-order valence-electron chi connectivity index (χ0n) is 25.8. The number of benzene rings is 7. The van der Waals surface area contributed by atoms with Crippen LogP contribution in [-0.2, 0) is 0 Å². The van der Waals surface area contributed by atoms with Crippen LogP contribution < -0.4 is 0 Å². The van der Waals surface area contributed by atoms with Gasteiger partial charge in [-0.3, -0.25) is 0 Å². The van der Waals surface area contributed by atoms with Gasteiger partial charge in [0.15, 0.2) is 0 Å². The van der Waals surface area contributed by atoms with Crippen LogP contribution in [0.5, 0.6) is 0 Å². The number of rotatable bonds is 4. The van der Waals surface area contributed by atoms with E-state index in [9.17, 15) is 5.26 Å². The highest BCUT2D eigenvalue weighted by Gasteiger charge is 2.20. The molecule has 222 valence electrons. The topological polar surface area (TPSA) is 38.0 Å². The normalized spacial score (nSPS) is 11.3. The van der Waals surface area contributed by atoms with Gasteiger partial charge in [-0.15, -0.1) is 0 Å². The molecule has 0 aliphatic carbocycles. The van der Waals surface area contributed by atoms with E-state index in [4.69, 9.17) is 6.57 Å². The molecule has 0 aliphatic rings. The lowest BCUT2D eigenvalue weighted by Crippen LogP contribution is -1.97. The summed E-state index contributed by atoms with van der Waals surface area (Å²) in [5.74, 6) is 0. The Balaban J connectivity index is 1.20. The first-order valence-electron chi connectivity index (χ1n) is 15.9. The van der Waals surface area contributed by atoms with Crippen molar-refractivity contribution >= 4 is 49.3 Å². The minimum absolute atomic E-state index is 0.548. The third kappa shape index (κ3) is 4.01. The molecule has 0 radical (unpaired) electrons. The Morgan fingerprint density at radius 3 is 1.58 bits per heavy atom. The van der Waals surface area contributed by atoms with Crippen LogP contribution in [-0.4, -0.2) is 9.13 Å². The summed E-state index contributed by atoms with van der Waals surface area (Å²) in [7, 11) is 0. The van der Waals surface area contributed by atoms with Crippen LogP contribution in [0.2, 0.25) is 0 Å². The second-order valence-electron chi connectivity index (χ2n) is 11.9. The minimum Gasteiger partial charge on any atom is -0.318 e. The van der Waals surface area contributed by atoms with Crippen molar-refractivity contribution in [2.75, 3.05) is 0 Å². The van der Waals surface area contributed by atoms with Gasteiger partial charge in [0.2, 0.25) is 5.69 Å². The van der Waals surface area contributed by atoms with Gasteiger partial charge in [0.05, 0.1) is 45.6 Å².